The highest BCUT2D eigenvalue weighted by molar-refractivity contribution is 6.18. The lowest BCUT2D eigenvalue weighted by Gasteiger charge is -2.12. The van der Waals surface area contributed by atoms with Crippen molar-refractivity contribution in [3.63, 3.8) is 0 Å². The van der Waals surface area contributed by atoms with Gasteiger partial charge in [0.05, 0.1) is 23.7 Å². The van der Waals surface area contributed by atoms with E-state index in [1.165, 1.54) is 0 Å². The van der Waals surface area contributed by atoms with Crippen molar-refractivity contribution in [2.45, 2.75) is 6.42 Å². The van der Waals surface area contributed by atoms with Crippen molar-refractivity contribution in [2.75, 3.05) is 18.7 Å². The molecule has 130 valence electrons. The summed E-state index contributed by atoms with van der Waals surface area (Å²) in [6, 6.07) is 13.6. The van der Waals surface area contributed by atoms with Crippen molar-refractivity contribution in [3.05, 3.63) is 54.2 Å². The van der Waals surface area contributed by atoms with Crippen LogP contribution in [0.3, 0.4) is 0 Å². The molecular weight excluding hydrogens is 348 g/mol. The Kier molecular flexibility index (Phi) is 4.31. The van der Waals surface area contributed by atoms with Gasteiger partial charge >= 0.3 is 0 Å². The number of fused-ring (bicyclic) bond motifs is 2. The van der Waals surface area contributed by atoms with E-state index in [4.69, 9.17) is 27.1 Å². The summed E-state index contributed by atoms with van der Waals surface area (Å²) in [6.45, 7) is 0. The molecule has 0 aliphatic rings. The van der Waals surface area contributed by atoms with Gasteiger partial charge in [-0.3, -0.25) is 4.98 Å². The molecule has 2 N–H and O–H groups in total. The molecule has 2 aromatic carbocycles. The molecule has 5 nitrogen and oxygen atoms in total. The molecule has 2 aromatic heterocycles. The Hall–Kier alpha value is -2.92. The van der Waals surface area contributed by atoms with E-state index >= 15 is 0 Å². The number of hydrogen-bond acceptors (Lipinski definition) is 5. The van der Waals surface area contributed by atoms with Crippen molar-refractivity contribution in [1.82, 2.24) is 15.0 Å². The molecule has 0 atom stereocenters. The van der Waals surface area contributed by atoms with E-state index in [1.807, 2.05) is 42.5 Å². The zero-order valence-corrected chi connectivity index (χ0v) is 15.0. The molecule has 0 saturated heterocycles. The molecule has 0 bridgehead atoms. The van der Waals surface area contributed by atoms with Crippen LogP contribution in [0.5, 0.6) is 5.75 Å². The average molecular weight is 365 g/mol. The number of nitrogens with two attached hydrogens (primary N) is 1. The Morgan fingerprint density at radius 1 is 1.04 bits per heavy atom. The molecule has 0 radical (unpaired) electrons. The number of aryl methyl sites for hydroxylation is 1. The van der Waals surface area contributed by atoms with E-state index in [2.05, 4.69) is 9.97 Å². The number of rotatable bonds is 4. The van der Waals surface area contributed by atoms with Crippen LogP contribution in [0.15, 0.2) is 48.7 Å². The predicted octanol–water partition coefficient (Wildman–Crippen LogP) is 4.22. The van der Waals surface area contributed by atoms with Crippen LogP contribution in [0.1, 0.15) is 5.56 Å². The largest absolute Gasteiger partial charge is 0.496 e. The standard InChI is InChI=1S/C20H17ClN4O/c1-26-18-11-17-16(10-12(18)7-8-21)24-19(20(22)25-17)14-4-2-6-15-13(14)5-3-9-23-15/h2-6,9-11H,7-8H2,1H3,(H2,22,25). The third-order valence-corrected chi connectivity index (χ3v) is 4.55. The average Bonchev–Trinajstić information content (AvgIpc) is 2.67. The van der Waals surface area contributed by atoms with E-state index in [1.54, 1.807) is 13.3 Å². The molecule has 0 spiro atoms. The molecule has 4 aromatic rings. The van der Waals surface area contributed by atoms with Crippen LogP contribution in [0.2, 0.25) is 0 Å². The summed E-state index contributed by atoms with van der Waals surface area (Å²) in [7, 11) is 1.63. The lowest BCUT2D eigenvalue weighted by molar-refractivity contribution is 0.411. The highest BCUT2D eigenvalue weighted by atomic mass is 35.5. The van der Waals surface area contributed by atoms with Crippen molar-refractivity contribution >= 4 is 39.4 Å². The first-order chi connectivity index (χ1) is 12.7. The summed E-state index contributed by atoms with van der Waals surface area (Å²) in [5, 5.41) is 0.991. The summed E-state index contributed by atoms with van der Waals surface area (Å²) in [5.74, 6) is 1.63. The first-order valence-corrected chi connectivity index (χ1v) is 8.79. The lowest BCUT2D eigenvalue weighted by atomic mass is 10.0. The maximum absolute atomic E-state index is 6.24. The second-order valence-electron chi connectivity index (χ2n) is 5.92. The lowest BCUT2D eigenvalue weighted by Crippen LogP contribution is -2.01. The van der Waals surface area contributed by atoms with Crippen LogP contribution >= 0.6 is 11.6 Å². The topological polar surface area (TPSA) is 73.9 Å². The van der Waals surface area contributed by atoms with Crippen LogP contribution in [0.25, 0.3) is 33.2 Å². The zero-order valence-electron chi connectivity index (χ0n) is 14.2. The van der Waals surface area contributed by atoms with Crippen LogP contribution in [0.4, 0.5) is 5.82 Å². The fraction of sp³-hybridized carbons (Fsp3) is 0.150. The molecule has 4 rings (SSSR count). The molecule has 2 heterocycles. The molecule has 0 saturated carbocycles. The number of nitrogens with zero attached hydrogens (tertiary/aromatic N) is 3. The Labute approximate surface area is 155 Å². The summed E-state index contributed by atoms with van der Waals surface area (Å²) in [6.07, 6.45) is 2.46. The van der Waals surface area contributed by atoms with Gasteiger partial charge in [-0.1, -0.05) is 18.2 Å². The maximum atomic E-state index is 6.24. The van der Waals surface area contributed by atoms with E-state index < -0.39 is 0 Å². The molecule has 0 unspecified atom stereocenters. The predicted molar refractivity (Wildman–Crippen MR) is 106 cm³/mol. The molecular formula is C20H17ClN4O. The summed E-state index contributed by atoms with van der Waals surface area (Å²) in [5.41, 5.74) is 11.2. The Morgan fingerprint density at radius 2 is 1.88 bits per heavy atom. The number of methoxy groups -OCH3 is 1. The van der Waals surface area contributed by atoms with Crippen molar-refractivity contribution in [3.8, 4) is 17.0 Å². The van der Waals surface area contributed by atoms with Gasteiger partial charge in [0.25, 0.3) is 0 Å². The minimum atomic E-state index is 0.376. The normalized spacial score (nSPS) is 11.2. The van der Waals surface area contributed by atoms with Gasteiger partial charge < -0.3 is 10.5 Å². The third kappa shape index (κ3) is 2.80. The quantitative estimate of drug-likeness (QED) is 0.549. The number of aromatic nitrogens is 3. The highest BCUT2D eigenvalue weighted by Gasteiger charge is 2.14. The first kappa shape index (κ1) is 16.5. The van der Waals surface area contributed by atoms with Gasteiger partial charge in [-0.15, -0.1) is 11.6 Å². The molecule has 6 heteroatoms. The summed E-state index contributed by atoms with van der Waals surface area (Å²) >= 11 is 5.92. The number of nitrogen functional groups attached to an aromatic ring is 1. The Balaban J connectivity index is 1.96. The molecule has 0 aliphatic carbocycles. The smallest absolute Gasteiger partial charge is 0.150 e. The van der Waals surface area contributed by atoms with Gasteiger partial charge in [0, 0.05) is 29.1 Å². The fourth-order valence-electron chi connectivity index (χ4n) is 3.14. The number of benzene rings is 2. The molecule has 0 fully saturated rings. The minimum absolute atomic E-state index is 0.376. The van der Waals surface area contributed by atoms with Crippen LogP contribution in [-0.4, -0.2) is 27.9 Å². The molecule has 26 heavy (non-hydrogen) atoms. The Bertz CT molecular complexity index is 1110. The molecule has 0 aliphatic heterocycles. The number of alkyl halides is 1. The maximum Gasteiger partial charge on any atom is 0.150 e. The minimum Gasteiger partial charge on any atom is -0.496 e. The summed E-state index contributed by atoms with van der Waals surface area (Å²) < 4.78 is 5.44. The Morgan fingerprint density at radius 3 is 2.69 bits per heavy atom. The van der Waals surface area contributed by atoms with Gasteiger partial charge in [-0.2, -0.15) is 0 Å². The zero-order chi connectivity index (χ0) is 18.1. The number of anilines is 1. The molecule has 0 amide bonds. The van der Waals surface area contributed by atoms with E-state index in [9.17, 15) is 0 Å². The number of ether oxygens (including phenoxy) is 1. The highest BCUT2D eigenvalue weighted by Crippen LogP contribution is 2.32. The van der Waals surface area contributed by atoms with Gasteiger partial charge in [0.15, 0.2) is 5.82 Å². The monoisotopic (exact) mass is 364 g/mol. The van der Waals surface area contributed by atoms with Gasteiger partial charge in [0.1, 0.15) is 11.4 Å². The van der Waals surface area contributed by atoms with Gasteiger partial charge in [0.2, 0.25) is 0 Å². The number of hydrogen-bond donors (Lipinski definition) is 1. The second-order valence-corrected chi connectivity index (χ2v) is 6.30. The van der Waals surface area contributed by atoms with Gasteiger partial charge in [-0.25, -0.2) is 9.97 Å². The van der Waals surface area contributed by atoms with Crippen LogP contribution < -0.4 is 10.5 Å². The third-order valence-electron chi connectivity index (χ3n) is 4.36. The van der Waals surface area contributed by atoms with E-state index in [0.29, 0.717) is 29.3 Å². The van der Waals surface area contributed by atoms with Crippen molar-refractivity contribution in [1.29, 1.82) is 0 Å². The van der Waals surface area contributed by atoms with E-state index in [0.717, 1.165) is 33.3 Å². The van der Waals surface area contributed by atoms with Crippen LogP contribution in [0, 0.1) is 0 Å². The number of halogens is 1. The summed E-state index contributed by atoms with van der Waals surface area (Å²) in [4.78, 5) is 13.8. The van der Waals surface area contributed by atoms with Crippen molar-refractivity contribution in [2.24, 2.45) is 0 Å². The fourth-order valence-corrected chi connectivity index (χ4v) is 3.34. The first-order valence-electron chi connectivity index (χ1n) is 8.25. The number of pyridine rings is 1. The second kappa shape index (κ2) is 6.77. The van der Waals surface area contributed by atoms with Crippen molar-refractivity contribution < 1.29 is 4.74 Å². The van der Waals surface area contributed by atoms with Gasteiger partial charge in [-0.05, 0) is 30.2 Å². The van der Waals surface area contributed by atoms with Crippen LogP contribution in [-0.2, 0) is 6.42 Å². The van der Waals surface area contributed by atoms with E-state index in [-0.39, 0.29) is 0 Å². The SMILES string of the molecule is COc1cc2nc(N)c(-c3cccc4ncccc34)nc2cc1CCCl.